The normalized spacial score (nSPS) is 21.8. The van der Waals surface area contributed by atoms with Crippen LogP contribution in [-0.2, 0) is 4.74 Å². The van der Waals surface area contributed by atoms with Crippen molar-refractivity contribution in [2.75, 3.05) is 0 Å². The summed E-state index contributed by atoms with van der Waals surface area (Å²) in [5, 5.41) is 1.95. The second-order valence-corrected chi connectivity index (χ2v) is 7.81. The van der Waals surface area contributed by atoms with Gasteiger partial charge in [-0.05, 0) is 60.6 Å². The van der Waals surface area contributed by atoms with Gasteiger partial charge in [-0.15, -0.1) is 24.5 Å². The second kappa shape index (κ2) is 7.74. The van der Waals surface area contributed by atoms with E-state index in [2.05, 4.69) is 9.73 Å². The molecule has 8 heteroatoms. The van der Waals surface area contributed by atoms with Crippen LogP contribution in [0.5, 0.6) is 0 Å². The van der Waals surface area contributed by atoms with Crippen molar-refractivity contribution in [3.8, 4) is 0 Å². The molecule has 1 aromatic carbocycles. The van der Waals surface area contributed by atoms with E-state index in [-0.39, 0.29) is 23.3 Å². The van der Waals surface area contributed by atoms with E-state index in [1.165, 1.54) is 41.7 Å². The highest BCUT2D eigenvalue weighted by Crippen LogP contribution is 2.39. The summed E-state index contributed by atoms with van der Waals surface area (Å²) in [6, 6.07) is 5.56. The third-order valence-corrected chi connectivity index (χ3v) is 5.97. The number of hydrogen-bond donors (Lipinski definition) is 0. The molecule has 1 aromatic heterocycles. The third kappa shape index (κ3) is 4.42. The summed E-state index contributed by atoms with van der Waals surface area (Å²) >= 11 is 1.50. The Morgan fingerprint density at radius 2 is 1.90 bits per heavy atom. The van der Waals surface area contributed by atoms with Crippen molar-refractivity contribution in [3.05, 3.63) is 81.3 Å². The predicted octanol–water partition coefficient (Wildman–Crippen LogP) is 6.81. The summed E-state index contributed by atoms with van der Waals surface area (Å²) in [5.74, 6) is -1.49. The third-order valence-electron chi connectivity index (χ3n) is 4.91. The minimum atomic E-state index is -4.70. The summed E-state index contributed by atoms with van der Waals surface area (Å²) in [7, 11) is 0. The van der Waals surface area contributed by atoms with Crippen molar-refractivity contribution in [1.82, 2.24) is 0 Å². The maximum Gasteiger partial charge on any atom is 0.573 e. The number of benzene rings is 1. The van der Waals surface area contributed by atoms with Gasteiger partial charge >= 0.3 is 6.36 Å². The zero-order valence-corrected chi connectivity index (χ0v) is 15.9. The number of hydrogen-bond acceptors (Lipinski definition) is 3. The smallest absolute Gasteiger partial charge is 0.406 e. The largest absolute Gasteiger partial charge is 0.573 e. The molecule has 0 radical (unpaired) electrons. The van der Waals surface area contributed by atoms with Gasteiger partial charge in [-0.25, -0.2) is 8.78 Å². The van der Waals surface area contributed by atoms with Crippen LogP contribution < -0.4 is 0 Å². The highest BCUT2D eigenvalue weighted by molar-refractivity contribution is 7.10. The summed E-state index contributed by atoms with van der Waals surface area (Å²) in [4.78, 5) is 5.51. The van der Waals surface area contributed by atoms with E-state index in [9.17, 15) is 22.0 Å². The Morgan fingerprint density at radius 3 is 2.55 bits per heavy atom. The number of nitrogens with zero attached hydrogens (tertiary/aromatic N) is 1. The number of aliphatic imine (C=N–C) groups is 1. The first-order chi connectivity index (χ1) is 13.8. The molecule has 1 aliphatic carbocycles. The molecule has 0 bridgehead atoms. The lowest BCUT2D eigenvalue weighted by molar-refractivity contribution is -0.303. The first-order valence-corrected chi connectivity index (χ1v) is 9.91. The topological polar surface area (TPSA) is 21.6 Å². The Labute approximate surface area is 168 Å². The number of rotatable bonds is 4. The molecule has 2 aliphatic rings. The van der Waals surface area contributed by atoms with Gasteiger partial charge in [0.25, 0.3) is 0 Å². The molecule has 0 spiro atoms. The first kappa shape index (κ1) is 19.8. The number of ether oxygens (including phenoxy) is 1. The van der Waals surface area contributed by atoms with Crippen molar-refractivity contribution in [3.63, 3.8) is 0 Å². The van der Waals surface area contributed by atoms with Crippen molar-refractivity contribution in [2.45, 2.75) is 37.6 Å². The lowest BCUT2D eigenvalue weighted by Gasteiger charge is -2.16. The number of halogens is 5. The monoisotopic (exact) mass is 425 g/mol. The molecule has 2 heterocycles. The van der Waals surface area contributed by atoms with Crippen LogP contribution in [-0.4, -0.2) is 12.1 Å². The molecule has 2 aromatic rings. The molecule has 152 valence electrons. The van der Waals surface area contributed by atoms with Gasteiger partial charge in [0, 0.05) is 16.5 Å². The van der Waals surface area contributed by atoms with Crippen LogP contribution in [0.4, 0.5) is 22.0 Å². The first-order valence-electron chi connectivity index (χ1n) is 9.03. The van der Waals surface area contributed by atoms with Crippen LogP contribution in [0.3, 0.4) is 0 Å². The number of allylic oxidation sites excluding steroid dienone is 3. The van der Waals surface area contributed by atoms with Gasteiger partial charge in [0.05, 0.1) is 11.6 Å². The molecular formula is C21H16F5NOS. The van der Waals surface area contributed by atoms with Crippen LogP contribution >= 0.6 is 11.3 Å². The van der Waals surface area contributed by atoms with Gasteiger partial charge < -0.3 is 4.74 Å². The average molecular weight is 425 g/mol. The Hall–Kier alpha value is -2.48. The zero-order valence-electron chi connectivity index (χ0n) is 15.0. The van der Waals surface area contributed by atoms with E-state index in [0.29, 0.717) is 25.0 Å². The average Bonchev–Trinajstić information content (AvgIpc) is 3.30. The maximum absolute atomic E-state index is 14.0. The second-order valence-electron chi connectivity index (χ2n) is 6.86. The lowest BCUT2D eigenvalue weighted by Crippen LogP contribution is -2.13. The van der Waals surface area contributed by atoms with Crippen LogP contribution in [0.1, 0.15) is 47.2 Å². The molecule has 2 atom stereocenters. The summed E-state index contributed by atoms with van der Waals surface area (Å²) in [5.41, 5.74) is 1.34. The summed E-state index contributed by atoms with van der Waals surface area (Å²) in [6.45, 7) is 0. The van der Waals surface area contributed by atoms with Crippen molar-refractivity contribution < 1.29 is 26.7 Å². The molecular weight excluding hydrogens is 409 g/mol. The maximum atomic E-state index is 14.0. The lowest BCUT2D eigenvalue weighted by atomic mass is 9.93. The number of alkyl halides is 3. The van der Waals surface area contributed by atoms with Gasteiger partial charge in [0.15, 0.2) is 0 Å². The standard InChI is InChI=1S/C21H16F5NOS/c22-15-2-1-3-16(23)20(15)18-9-8-17(27-18)19-10-13(11-29-19)12-4-6-14(7-5-12)28-21(24,25)26/h1-4,6-7,10-12,17H,5,8-9H2. The molecule has 2 nitrogen and oxygen atoms in total. The Balaban J connectivity index is 1.47. The van der Waals surface area contributed by atoms with Crippen molar-refractivity contribution >= 4 is 17.0 Å². The predicted molar refractivity (Wildman–Crippen MR) is 101 cm³/mol. The van der Waals surface area contributed by atoms with Crippen LogP contribution in [0.2, 0.25) is 0 Å². The van der Waals surface area contributed by atoms with Crippen molar-refractivity contribution in [2.24, 2.45) is 4.99 Å². The van der Waals surface area contributed by atoms with Gasteiger partial charge in [-0.1, -0.05) is 12.1 Å². The molecule has 29 heavy (non-hydrogen) atoms. The van der Waals surface area contributed by atoms with E-state index < -0.39 is 18.0 Å². The van der Waals surface area contributed by atoms with Gasteiger partial charge in [0.1, 0.15) is 17.4 Å². The quantitative estimate of drug-likeness (QED) is 0.493. The minimum Gasteiger partial charge on any atom is -0.406 e. The summed E-state index contributed by atoms with van der Waals surface area (Å²) < 4.78 is 68.8. The molecule has 4 rings (SSSR count). The fraction of sp³-hybridized carbons (Fsp3) is 0.286. The van der Waals surface area contributed by atoms with Gasteiger partial charge in [-0.3, -0.25) is 4.99 Å². The minimum absolute atomic E-state index is 0.0468. The number of thiophene rings is 1. The molecule has 1 aliphatic heterocycles. The molecule has 0 fully saturated rings. The van der Waals surface area contributed by atoms with Gasteiger partial charge in [-0.2, -0.15) is 0 Å². The van der Waals surface area contributed by atoms with Gasteiger partial charge in [0.2, 0.25) is 0 Å². The highest BCUT2D eigenvalue weighted by Gasteiger charge is 2.32. The van der Waals surface area contributed by atoms with E-state index in [0.717, 1.165) is 10.4 Å². The molecule has 0 amide bonds. The van der Waals surface area contributed by atoms with Crippen LogP contribution in [0.25, 0.3) is 0 Å². The summed E-state index contributed by atoms with van der Waals surface area (Å²) in [6.07, 6.45) is 1.28. The Kier molecular flexibility index (Phi) is 5.29. The van der Waals surface area contributed by atoms with E-state index >= 15 is 0 Å². The SMILES string of the molecule is Fc1cccc(F)c1C1=NC(c2cc(C3C=CC(OC(F)(F)F)=CC3)cs2)CC1. The highest BCUT2D eigenvalue weighted by atomic mass is 32.1. The van der Waals surface area contributed by atoms with Crippen LogP contribution in [0, 0.1) is 11.6 Å². The fourth-order valence-corrected chi connectivity index (χ4v) is 4.60. The molecule has 0 saturated carbocycles. The molecule has 0 saturated heterocycles. The Bertz CT molecular complexity index is 984. The molecule has 0 N–H and O–H groups in total. The van der Waals surface area contributed by atoms with E-state index in [4.69, 9.17) is 0 Å². The van der Waals surface area contributed by atoms with E-state index in [1.54, 1.807) is 6.08 Å². The molecule has 2 unspecified atom stereocenters. The zero-order chi connectivity index (χ0) is 20.6. The van der Waals surface area contributed by atoms with Crippen molar-refractivity contribution in [1.29, 1.82) is 0 Å². The Morgan fingerprint density at radius 1 is 1.14 bits per heavy atom. The fourth-order valence-electron chi connectivity index (χ4n) is 3.55. The van der Waals surface area contributed by atoms with Crippen LogP contribution in [0.15, 0.2) is 58.6 Å². The van der Waals surface area contributed by atoms with E-state index in [1.807, 2.05) is 11.4 Å².